The molecular formula is C10H18ClNO. The van der Waals surface area contributed by atoms with Gasteiger partial charge in [0.1, 0.15) is 6.29 Å². The highest BCUT2D eigenvalue weighted by molar-refractivity contribution is 6.18. The van der Waals surface area contributed by atoms with Gasteiger partial charge in [0, 0.05) is 24.4 Å². The van der Waals surface area contributed by atoms with E-state index >= 15 is 0 Å². The van der Waals surface area contributed by atoms with E-state index in [4.69, 9.17) is 11.6 Å². The first-order valence-corrected chi connectivity index (χ1v) is 5.53. The molecule has 0 unspecified atom stereocenters. The fourth-order valence-electron chi connectivity index (χ4n) is 1.99. The fourth-order valence-corrected chi connectivity index (χ4v) is 2.26. The van der Waals surface area contributed by atoms with Gasteiger partial charge in [-0.1, -0.05) is 0 Å². The van der Waals surface area contributed by atoms with E-state index in [2.05, 4.69) is 11.9 Å². The SMILES string of the molecule is CN(CCCl)C1CCC(C=O)CC1. The van der Waals surface area contributed by atoms with Crippen molar-refractivity contribution >= 4 is 17.9 Å². The zero-order chi connectivity index (χ0) is 9.68. The van der Waals surface area contributed by atoms with E-state index in [9.17, 15) is 4.79 Å². The number of nitrogens with zero attached hydrogens (tertiary/aromatic N) is 1. The van der Waals surface area contributed by atoms with E-state index in [0.29, 0.717) is 17.8 Å². The molecule has 0 aliphatic heterocycles. The van der Waals surface area contributed by atoms with Crippen LogP contribution in [-0.2, 0) is 4.79 Å². The Bertz CT molecular complexity index is 155. The van der Waals surface area contributed by atoms with Gasteiger partial charge in [0.25, 0.3) is 0 Å². The molecule has 1 fully saturated rings. The van der Waals surface area contributed by atoms with E-state index in [1.807, 2.05) is 0 Å². The summed E-state index contributed by atoms with van der Waals surface area (Å²) in [6.07, 6.45) is 5.52. The Hall–Kier alpha value is -0.0800. The minimum absolute atomic E-state index is 0.320. The van der Waals surface area contributed by atoms with E-state index in [0.717, 1.165) is 38.5 Å². The molecule has 1 rings (SSSR count). The van der Waals surface area contributed by atoms with Crippen LogP contribution < -0.4 is 0 Å². The third kappa shape index (κ3) is 3.28. The molecule has 0 aromatic rings. The predicted octanol–water partition coefficient (Wildman–Crippen LogP) is 1.91. The lowest BCUT2D eigenvalue weighted by Gasteiger charge is -2.32. The van der Waals surface area contributed by atoms with Gasteiger partial charge >= 0.3 is 0 Å². The first-order valence-electron chi connectivity index (χ1n) is 4.99. The standard InChI is InChI=1S/C10H18ClNO/c1-12(7-6-11)10-4-2-9(8-13)3-5-10/h8-10H,2-7H2,1H3. The van der Waals surface area contributed by atoms with Crippen LogP contribution in [0.1, 0.15) is 25.7 Å². The number of carbonyl (C=O) groups excluding carboxylic acids is 1. The van der Waals surface area contributed by atoms with Crippen molar-refractivity contribution in [2.45, 2.75) is 31.7 Å². The molecule has 1 aliphatic carbocycles. The Balaban J connectivity index is 2.27. The van der Waals surface area contributed by atoms with Gasteiger partial charge in [-0.15, -0.1) is 11.6 Å². The van der Waals surface area contributed by atoms with Gasteiger partial charge in [0.05, 0.1) is 0 Å². The van der Waals surface area contributed by atoms with Gasteiger partial charge in [-0.3, -0.25) is 0 Å². The van der Waals surface area contributed by atoms with Crippen molar-refractivity contribution in [2.24, 2.45) is 5.92 Å². The normalized spacial score (nSPS) is 29.2. The van der Waals surface area contributed by atoms with Crippen LogP contribution in [0.15, 0.2) is 0 Å². The Morgan fingerprint density at radius 1 is 1.38 bits per heavy atom. The Morgan fingerprint density at radius 3 is 2.46 bits per heavy atom. The maximum absolute atomic E-state index is 10.5. The average Bonchev–Trinajstić information content (AvgIpc) is 2.18. The summed E-state index contributed by atoms with van der Waals surface area (Å²) in [6, 6.07) is 0.648. The molecule has 0 heterocycles. The van der Waals surface area contributed by atoms with Gasteiger partial charge in [-0.2, -0.15) is 0 Å². The van der Waals surface area contributed by atoms with Crippen molar-refractivity contribution in [3.63, 3.8) is 0 Å². The molecule has 1 aliphatic rings. The smallest absolute Gasteiger partial charge is 0.123 e. The number of alkyl halides is 1. The zero-order valence-electron chi connectivity index (χ0n) is 8.21. The molecule has 0 radical (unpaired) electrons. The van der Waals surface area contributed by atoms with Gasteiger partial charge in [-0.05, 0) is 32.7 Å². The monoisotopic (exact) mass is 203 g/mol. The quantitative estimate of drug-likeness (QED) is 0.514. The summed E-state index contributed by atoms with van der Waals surface area (Å²) in [6.45, 7) is 0.956. The van der Waals surface area contributed by atoms with Crippen molar-refractivity contribution in [1.29, 1.82) is 0 Å². The fraction of sp³-hybridized carbons (Fsp3) is 0.900. The van der Waals surface area contributed by atoms with Crippen LogP contribution >= 0.6 is 11.6 Å². The maximum atomic E-state index is 10.5. The third-order valence-corrected chi connectivity index (χ3v) is 3.16. The summed E-state index contributed by atoms with van der Waals surface area (Å²) in [5.41, 5.74) is 0. The predicted molar refractivity (Wildman–Crippen MR) is 55.2 cm³/mol. The third-order valence-electron chi connectivity index (χ3n) is 2.99. The largest absolute Gasteiger partial charge is 0.303 e. The van der Waals surface area contributed by atoms with Crippen molar-refractivity contribution < 1.29 is 4.79 Å². The number of halogens is 1. The highest BCUT2D eigenvalue weighted by Crippen LogP contribution is 2.25. The summed E-state index contributed by atoms with van der Waals surface area (Å²) < 4.78 is 0. The van der Waals surface area contributed by atoms with Crippen LogP contribution in [0.3, 0.4) is 0 Å². The van der Waals surface area contributed by atoms with Crippen LogP contribution in [-0.4, -0.2) is 36.7 Å². The highest BCUT2D eigenvalue weighted by atomic mass is 35.5. The molecule has 3 heteroatoms. The summed E-state index contributed by atoms with van der Waals surface area (Å²) in [5.74, 6) is 1.02. The first kappa shape index (κ1) is 11.0. The van der Waals surface area contributed by atoms with Crippen LogP contribution in [0.5, 0.6) is 0 Å². The number of hydrogen-bond donors (Lipinski definition) is 0. The van der Waals surface area contributed by atoms with E-state index in [1.54, 1.807) is 0 Å². The lowest BCUT2D eigenvalue weighted by atomic mass is 9.86. The van der Waals surface area contributed by atoms with Gasteiger partial charge < -0.3 is 9.69 Å². The van der Waals surface area contributed by atoms with Crippen LogP contribution in [0.25, 0.3) is 0 Å². The van der Waals surface area contributed by atoms with Crippen molar-refractivity contribution in [3.05, 3.63) is 0 Å². The van der Waals surface area contributed by atoms with Gasteiger partial charge in [-0.25, -0.2) is 0 Å². The second kappa shape index (κ2) is 5.61. The lowest BCUT2D eigenvalue weighted by molar-refractivity contribution is -0.112. The van der Waals surface area contributed by atoms with Crippen LogP contribution in [0, 0.1) is 5.92 Å². The minimum Gasteiger partial charge on any atom is -0.303 e. The topological polar surface area (TPSA) is 20.3 Å². The van der Waals surface area contributed by atoms with E-state index in [-0.39, 0.29) is 0 Å². The highest BCUT2D eigenvalue weighted by Gasteiger charge is 2.22. The summed E-state index contributed by atoms with van der Waals surface area (Å²) in [4.78, 5) is 12.8. The molecule has 0 atom stereocenters. The number of hydrogen-bond acceptors (Lipinski definition) is 2. The molecule has 2 nitrogen and oxygen atoms in total. The molecule has 1 saturated carbocycles. The summed E-state index contributed by atoms with van der Waals surface area (Å²) >= 11 is 5.67. The molecule has 0 amide bonds. The van der Waals surface area contributed by atoms with E-state index in [1.165, 1.54) is 0 Å². The molecule has 0 bridgehead atoms. The molecule has 0 aromatic carbocycles. The summed E-state index contributed by atoms with van der Waals surface area (Å²) in [5, 5.41) is 0. The minimum atomic E-state index is 0.320. The molecule has 0 spiro atoms. The second-order valence-corrected chi connectivity index (χ2v) is 4.25. The molecule has 13 heavy (non-hydrogen) atoms. The Morgan fingerprint density at radius 2 is 2.00 bits per heavy atom. The average molecular weight is 204 g/mol. The molecule has 0 saturated heterocycles. The Kier molecular flexibility index (Phi) is 4.74. The molecule has 76 valence electrons. The number of carbonyl (C=O) groups is 1. The van der Waals surface area contributed by atoms with Crippen molar-refractivity contribution in [3.8, 4) is 0 Å². The zero-order valence-corrected chi connectivity index (χ0v) is 8.96. The number of aldehydes is 1. The van der Waals surface area contributed by atoms with E-state index < -0.39 is 0 Å². The molecule has 0 aromatic heterocycles. The lowest BCUT2D eigenvalue weighted by Crippen LogP contribution is -2.36. The van der Waals surface area contributed by atoms with Crippen molar-refractivity contribution in [2.75, 3.05) is 19.5 Å². The van der Waals surface area contributed by atoms with Crippen molar-refractivity contribution in [1.82, 2.24) is 4.90 Å². The van der Waals surface area contributed by atoms with Crippen LogP contribution in [0.2, 0.25) is 0 Å². The van der Waals surface area contributed by atoms with Gasteiger partial charge in [0.15, 0.2) is 0 Å². The second-order valence-electron chi connectivity index (χ2n) is 3.87. The Labute approximate surface area is 85.2 Å². The maximum Gasteiger partial charge on any atom is 0.123 e. The molecular weight excluding hydrogens is 186 g/mol. The summed E-state index contributed by atoms with van der Waals surface area (Å²) in [7, 11) is 2.12. The van der Waals surface area contributed by atoms with Gasteiger partial charge in [0.2, 0.25) is 0 Å². The number of rotatable bonds is 4. The molecule has 0 N–H and O–H groups in total. The van der Waals surface area contributed by atoms with Crippen LogP contribution in [0.4, 0.5) is 0 Å². The first-order chi connectivity index (χ1) is 6.27.